The van der Waals surface area contributed by atoms with Crippen LogP contribution in [0.2, 0.25) is 0 Å². The van der Waals surface area contributed by atoms with Crippen LogP contribution in [-0.4, -0.2) is 20.6 Å². The fourth-order valence-electron chi connectivity index (χ4n) is 4.21. The van der Waals surface area contributed by atoms with Crippen molar-refractivity contribution >= 4 is 11.4 Å². The van der Waals surface area contributed by atoms with Gasteiger partial charge in [-0.1, -0.05) is 24.3 Å². The summed E-state index contributed by atoms with van der Waals surface area (Å²) in [6.07, 6.45) is 2.71. The van der Waals surface area contributed by atoms with E-state index >= 15 is 0 Å². The van der Waals surface area contributed by atoms with E-state index in [2.05, 4.69) is 58.8 Å². The number of allylic oxidation sites excluding steroid dienone is 1. The van der Waals surface area contributed by atoms with Gasteiger partial charge in [0.1, 0.15) is 5.75 Å². The second-order valence-electron chi connectivity index (χ2n) is 7.85. The SMILES string of the molecule is C=CCc1cc2c(c(OC)c1)OCN(c1ccc(N3COc4ccccc4C3)cc1)C2. The Bertz CT molecular complexity index is 1090. The van der Waals surface area contributed by atoms with Gasteiger partial charge in [-0.15, -0.1) is 6.58 Å². The molecule has 5 heteroatoms. The monoisotopic (exact) mass is 414 g/mol. The van der Waals surface area contributed by atoms with E-state index in [9.17, 15) is 0 Å². The minimum Gasteiger partial charge on any atom is -0.493 e. The third-order valence-electron chi connectivity index (χ3n) is 5.81. The van der Waals surface area contributed by atoms with Crippen LogP contribution in [0.15, 0.2) is 73.3 Å². The first-order valence-corrected chi connectivity index (χ1v) is 10.5. The van der Waals surface area contributed by atoms with Crippen molar-refractivity contribution in [2.45, 2.75) is 19.5 Å². The van der Waals surface area contributed by atoms with Crippen LogP contribution in [-0.2, 0) is 19.5 Å². The molecule has 0 amide bonds. The van der Waals surface area contributed by atoms with Gasteiger partial charge >= 0.3 is 0 Å². The Balaban J connectivity index is 1.33. The summed E-state index contributed by atoms with van der Waals surface area (Å²) in [5, 5.41) is 0. The normalized spacial score (nSPS) is 14.7. The Kier molecular flexibility index (Phi) is 5.16. The molecule has 0 unspecified atom stereocenters. The summed E-state index contributed by atoms with van der Waals surface area (Å²) in [5.41, 5.74) is 5.79. The molecule has 31 heavy (non-hydrogen) atoms. The van der Waals surface area contributed by atoms with Gasteiger partial charge in [0.25, 0.3) is 0 Å². The van der Waals surface area contributed by atoms with Crippen LogP contribution in [0.4, 0.5) is 11.4 Å². The van der Waals surface area contributed by atoms with Gasteiger partial charge in [-0.25, -0.2) is 0 Å². The molecular weight excluding hydrogens is 388 g/mol. The Morgan fingerprint density at radius 1 is 0.903 bits per heavy atom. The van der Waals surface area contributed by atoms with Crippen LogP contribution in [0, 0.1) is 0 Å². The molecule has 2 aliphatic heterocycles. The number of hydrogen-bond acceptors (Lipinski definition) is 5. The minimum atomic E-state index is 0.490. The second-order valence-corrected chi connectivity index (χ2v) is 7.85. The van der Waals surface area contributed by atoms with Gasteiger partial charge in [-0.3, -0.25) is 0 Å². The van der Waals surface area contributed by atoms with E-state index in [1.54, 1.807) is 7.11 Å². The van der Waals surface area contributed by atoms with Crippen LogP contribution in [0.1, 0.15) is 16.7 Å². The molecule has 3 aromatic rings. The third kappa shape index (κ3) is 3.79. The molecule has 0 radical (unpaired) electrons. The fraction of sp³-hybridized carbons (Fsp3) is 0.231. The van der Waals surface area contributed by atoms with Crippen molar-refractivity contribution in [2.75, 3.05) is 30.4 Å². The summed E-state index contributed by atoms with van der Waals surface area (Å²) in [7, 11) is 1.68. The van der Waals surface area contributed by atoms with E-state index in [0.29, 0.717) is 13.5 Å². The highest BCUT2D eigenvalue weighted by Crippen LogP contribution is 2.38. The van der Waals surface area contributed by atoms with Gasteiger partial charge in [0, 0.05) is 35.6 Å². The molecule has 158 valence electrons. The number of nitrogens with zero attached hydrogens (tertiary/aromatic N) is 2. The lowest BCUT2D eigenvalue weighted by molar-refractivity contribution is 0.270. The number of anilines is 2. The molecular formula is C26H26N2O3. The molecule has 0 bridgehead atoms. The highest BCUT2D eigenvalue weighted by Gasteiger charge is 2.23. The van der Waals surface area contributed by atoms with E-state index < -0.39 is 0 Å². The lowest BCUT2D eigenvalue weighted by Gasteiger charge is -2.33. The number of para-hydroxylation sites is 1. The lowest BCUT2D eigenvalue weighted by atomic mass is 10.0. The smallest absolute Gasteiger partial charge is 0.168 e. The topological polar surface area (TPSA) is 34.2 Å². The first-order valence-electron chi connectivity index (χ1n) is 10.5. The summed E-state index contributed by atoms with van der Waals surface area (Å²) in [4.78, 5) is 4.46. The van der Waals surface area contributed by atoms with E-state index in [1.807, 2.05) is 24.3 Å². The fourth-order valence-corrected chi connectivity index (χ4v) is 4.21. The van der Waals surface area contributed by atoms with Gasteiger partial charge in [0.15, 0.2) is 25.0 Å². The number of benzene rings is 3. The molecule has 0 spiro atoms. The molecule has 0 saturated heterocycles. The number of rotatable bonds is 5. The summed E-state index contributed by atoms with van der Waals surface area (Å²) < 4.78 is 17.5. The summed E-state index contributed by atoms with van der Waals surface area (Å²) >= 11 is 0. The van der Waals surface area contributed by atoms with E-state index in [0.717, 1.165) is 53.7 Å². The zero-order valence-electron chi connectivity index (χ0n) is 17.7. The minimum absolute atomic E-state index is 0.490. The molecule has 0 saturated carbocycles. The average molecular weight is 415 g/mol. The van der Waals surface area contributed by atoms with Gasteiger partial charge in [0.2, 0.25) is 0 Å². The Morgan fingerprint density at radius 2 is 1.58 bits per heavy atom. The maximum absolute atomic E-state index is 6.08. The van der Waals surface area contributed by atoms with Crippen molar-refractivity contribution in [1.29, 1.82) is 0 Å². The molecule has 0 fully saturated rings. The number of fused-ring (bicyclic) bond motifs is 2. The highest BCUT2D eigenvalue weighted by atomic mass is 16.5. The van der Waals surface area contributed by atoms with Crippen LogP contribution in [0.5, 0.6) is 17.2 Å². The number of hydrogen-bond donors (Lipinski definition) is 0. The number of ether oxygens (including phenoxy) is 3. The molecule has 2 aliphatic rings. The first kappa shape index (κ1) is 19.4. The summed E-state index contributed by atoms with van der Waals surface area (Å²) in [5.74, 6) is 2.60. The molecule has 0 aliphatic carbocycles. The molecule has 2 heterocycles. The molecule has 0 atom stereocenters. The average Bonchev–Trinajstić information content (AvgIpc) is 2.83. The maximum Gasteiger partial charge on any atom is 0.168 e. The van der Waals surface area contributed by atoms with Crippen molar-refractivity contribution in [1.82, 2.24) is 0 Å². The second kappa shape index (κ2) is 8.26. The van der Waals surface area contributed by atoms with Gasteiger partial charge in [-0.2, -0.15) is 0 Å². The maximum atomic E-state index is 6.08. The molecule has 0 N–H and O–H groups in total. The number of methoxy groups -OCH3 is 1. The predicted molar refractivity (Wildman–Crippen MR) is 123 cm³/mol. The third-order valence-corrected chi connectivity index (χ3v) is 5.81. The van der Waals surface area contributed by atoms with Crippen molar-refractivity contribution < 1.29 is 14.2 Å². The molecule has 5 nitrogen and oxygen atoms in total. The van der Waals surface area contributed by atoms with Gasteiger partial charge in [0.05, 0.1) is 7.11 Å². The van der Waals surface area contributed by atoms with E-state index in [-0.39, 0.29) is 0 Å². The largest absolute Gasteiger partial charge is 0.493 e. The standard InChI is InChI=1S/C26H26N2O3/c1-3-6-19-13-21-16-28(18-31-26(21)25(14-19)29-2)23-11-9-22(10-12-23)27-15-20-7-4-5-8-24(20)30-17-27/h3-5,7-14H,1,6,15-18H2,2H3. The zero-order valence-corrected chi connectivity index (χ0v) is 17.7. The van der Waals surface area contributed by atoms with Gasteiger partial charge < -0.3 is 24.0 Å². The van der Waals surface area contributed by atoms with Gasteiger partial charge in [-0.05, 0) is 54.4 Å². The Labute approximate surface area is 183 Å². The van der Waals surface area contributed by atoms with Crippen molar-refractivity contribution in [3.05, 3.63) is 90.0 Å². The molecule has 5 rings (SSSR count). The summed E-state index contributed by atoms with van der Waals surface area (Å²) in [6, 6.07) is 21.0. The van der Waals surface area contributed by atoms with Crippen molar-refractivity contribution in [2.24, 2.45) is 0 Å². The van der Waals surface area contributed by atoms with Crippen LogP contribution < -0.4 is 24.0 Å². The van der Waals surface area contributed by atoms with Crippen LogP contribution in [0.25, 0.3) is 0 Å². The molecule has 3 aromatic carbocycles. The highest BCUT2D eigenvalue weighted by molar-refractivity contribution is 5.60. The Hall–Kier alpha value is -3.60. The van der Waals surface area contributed by atoms with Crippen molar-refractivity contribution in [3.8, 4) is 17.2 Å². The van der Waals surface area contributed by atoms with Crippen molar-refractivity contribution in [3.63, 3.8) is 0 Å². The van der Waals surface area contributed by atoms with E-state index in [1.165, 1.54) is 11.1 Å². The van der Waals surface area contributed by atoms with Crippen LogP contribution in [0.3, 0.4) is 0 Å². The summed E-state index contributed by atoms with van der Waals surface area (Å²) in [6.45, 7) is 6.52. The quantitative estimate of drug-likeness (QED) is 0.540. The van der Waals surface area contributed by atoms with Crippen LogP contribution >= 0.6 is 0 Å². The lowest BCUT2D eigenvalue weighted by Crippen LogP contribution is -2.33. The predicted octanol–water partition coefficient (Wildman–Crippen LogP) is 5.14. The van der Waals surface area contributed by atoms with E-state index in [4.69, 9.17) is 14.2 Å². The first-order chi connectivity index (χ1) is 15.2. The zero-order chi connectivity index (χ0) is 21.2. The Morgan fingerprint density at radius 3 is 2.29 bits per heavy atom. The molecule has 0 aromatic heterocycles.